The Labute approximate surface area is 128 Å². The van der Waals surface area contributed by atoms with Gasteiger partial charge in [0.05, 0.1) is 12.9 Å². The van der Waals surface area contributed by atoms with Crippen molar-refractivity contribution in [1.29, 1.82) is 0 Å². The summed E-state index contributed by atoms with van der Waals surface area (Å²) in [6.45, 7) is 2.44. The minimum absolute atomic E-state index is 0.259. The topological polar surface area (TPSA) is 55.4 Å². The van der Waals surface area contributed by atoms with Crippen LogP contribution in [0.15, 0.2) is 30.3 Å². The summed E-state index contributed by atoms with van der Waals surface area (Å²) in [6.07, 6.45) is 5.55. The van der Waals surface area contributed by atoms with Gasteiger partial charge in [-0.2, -0.15) is 8.42 Å². The van der Waals surface area contributed by atoms with E-state index in [1.165, 1.54) is 12.0 Å². The monoisotopic (exact) mass is 311 g/mol. The molecule has 0 bridgehead atoms. The van der Waals surface area contributed by atoms with Crippen molar-refractivity contribution in [2.75, 3.05) is 12.9 Å². The van der Waals surface area contributed by atoms with Crippen molar-refractivity contribution in [1.82, 2.24) is 5.32 Å². The Balaban J connectivity index is 1.95. The molecule has 0 amide bonds. The van der Waals surface area contributed by atoms with E-state index in [2.05, 4.69) is 24.4 Å². The number of hydrogen-bond acceptors (Lipinski definition) is 4. The lowest BCUT2D eigenvalue weighted by Gasteiger charge is -2.34. The second-order valence-corrected chi connectivity index (χ2v) is 7.58. The van der Waals surface area contributed by atoms with Crippen LogP contribution in [0.3, 0.4) is 0 Å². The molecule has 3 atom stereocenters. The summed E-state index contributed by atoms with van der Waals surface area (Å²) in [4.78, 5) is 0. The van der Waals surface area contributed by atoms with Crippen molar-refractivity contribution in [3.63, 3.8) is 0 Å². The van der Waals surface area contributed by atoms with Crippen LogP contribution in [-0.4, -0.2) is 27.3 Å². The Hall–Kier alpha value is -0.910. The SMILES string of the molecule is C[C@H](N[C@H]1CCCC[C@@H]1COS(C)(=O)=O)c1ccccc1. The first-order chi connectivity index (χ1) is 9.96. The molecule has 4 nitrogen and oxygen atoms in total. The minimum Gasteiger partial charge on any atom is -0.307 e. The van der Waals surface area contributed by atoms with Crippen molar-refractivity contribution in [3.05, 3.63) is 35.9 Å². The Morgan fingerprint density at radius 1 is 1.24 bits per heavy atom. The number of nitrogens with one attached hydrogen (secondary N) is 1. The van der Waals surface area contributed by atoms with E-state index >= 15 is 0 Å². The van der Waals surface area contributed by atoms with Gasteiger partial charge in [-0.1, -0.05) is 43.2 Å². The van der Waals surface area contributed by atoms with Crippen LogP contribution in [0.25, 0.3) is 0 Å². The zero-order chi connectivity index (χ0) is 15.3. The molecule has 1 N–H and O–H groups in total. The van der Waals surface area contributed by atoms with E-state index in [0.29, 0.717) is 6.04 Å². The van der Waals surface area contributed by atoms with E-state index in [1.807, 2.05) is 18.2 Å². The lowest BCUT2D eigenvalue weighted by atomic mass is 9.84. The largest absolute Gasteiger partial charge is 0.307 e. The first-order valence-electron chi connectivity index (χ1n) is 7.61. The summed E-state index contributed by atoms with van der Waals surface area (Å²) in [7, 11) is -3.36. The van der Waals surface area contributed by atoms with Crippen LogP contribution in [0.4, 0.5) is 0 Å². The maximum Gasteiger partial charge on any atom is 0.264 e. The maximum atomic E-state index is 11.2. The lowest BCUT2D eigenvalue weighted by molar-refractivity contribution is 0.166. The fourth-order valence-electron chi connectivity index (χ4n) is 3.00. The van der Waals surface area contributed by atoms with Gasteiger partial charge in [-0.3, -0.25) is 4.18 Å². The van der Waals surface area contributed by atoms with Gasteiger partial charge in [0.25, 0.3) is 10.1 Å². The third-order valence-electron chi connectivity index (χ3n) is 4.17. The highest BCUT2D eigenvalue weighted by atomic mass is 32.2. The molecule has 0 radical (unpaired) electrons. The number of rotatable bonds is 6. The van der Waals surface area contributed by atoms with Gasteiger partial charge >= 0.3 is 0 Å². The highest BCUT2D eigenvalue weighted by Crippen LogP contribution is 2.27. The summed E-state index contributed by atoms with van der Waals surface area (Å²) in [5, 5.41) is 3.65. The normalized spacial score (nSPS) is 24.7. The quantitative estimate of drug-likeness (QED) is 0.821. The highest BCUT2D eigenvalue weighted by Gasteiger charge is 2.27. The summed E-state index contributed by atoms with van der Waals surface area (Å²) in [5.74, 6) is 0.264. The molecule has 1 aliphatic carbocycles. The minimum atomic E-state index is -3.36. The molecule has 118 valence electrons. The molecular formula is C16H25NO3S. The van der Waals surface area contributed by atoms with Gasteiger partial charge in [0.2, 0.25) is 0 Å². The van der Waals surface area contributed by atoms with Crippen molar-refractivity contribution >= 4 is 10.1 Å². The Morgan fingerprint density at radius 2 is 1.90 bits per heavy atom. The molecule has 2 rings (SSSR count). The van der Waals surface area contributed by atoms with E-state index in [-0.39, 0.29) is 18.6 Å². The first-order valence-corrected chi connectivity index (χ1v) is 9.43. The molecule has 0 spiro atoms. The van der Waals surface area contributed by atoms with Crippen molar-refractivity contribution in [3.8, 4) is 0 Å². The van der Waals surface area contributed by atoms with Crippen LogP contribution >= 0.6 is 0 Å². The molecule has 0 saturated heterocycles. The molecule has 0 aromatic heterocycles. The molecule has 1 fully saturated rings. The number of hydrogen-bond donors (Lipinski definition) is 1. The molecule has 5 heteroatoms. The smallest absolute Gasteiger partial charge is 0.264 e. The third-order valence-corrected chi connectivity index (χ3v) is 4.73. The van der Waals surface area contributed by atoms with Gasteiger partial charge in [-0.15, -0.1) is 0 Å². The van der Waals surface area contributed by atoms with Gasteiger partial charge in [-0.05, 0) is 31.2 Å². The van der Waals surface area contributed by atoms with E-state index in [0.717, 1.165) is 25.5 Å². The molecule has 21 heavy (non-hydrogen) atoms. The standard InChI is InChI=1S/C16H25NO3S/c1-13(14-8-4-3-5-9-14)17-16-11-7-6-10-15(16)12-20-21(2,18)19/h3-5,8-9,13,15-17H,6-7,10-12H2,1-2H3/t13-,15+,16-/m0/s1. The molecule has 0 heterocycles. The molecule has 0 unspecified atom stereocenters. The zero-order valence-electron chi connectivity index (χ0n) is 12.8. The van der Waals surface area contributed by atoms with Crippen molar-refractivity contribution in [2.24, 2.45) is 5.92 Å². The van der Waals surface area contributed by atoms with E-state index < -0.39 is 10.1 Å². The Kier molecular flexibility index (Phi) is 5.79. The van der Waals surface area contributed by atoms with E-state index in [4.69, 9.17) is 4.18 Å². The molecule has 1 saturated carbocycles. The lowest BCUT2D eigenvalue weighted by Crippen LogP contribution is -2.42. The predicted molar refractivity (Wildman–Crippen MR) is 84.5 cm³/mol. The van der Waals surface area contributed by atoms with Crippen LogP contribution in [-0.2, 0) is 14.3 Å². The zero-order valence-corrected chi connectivity index (χ0v) is 13.6. The predicted octanol–water partition coefficient (Wildman–Crippen LogP) is 2.87. The van der Waals surface area contributed by atoms with Gasteiger partial charge in [0, 0.05) is 12.1 Å². The third kappa shape index (κ3) is 5.41. The molecule has 0 aliphatic heterocycles. The Bertz CT molecular complexity index is 530. The second-order valence-electron chi connectivity index (χ2n) is 5.94. The summed E-state index contributed by atoms with van der Waals surface area (Å²) < 4.78 is 27.4. The van der Waals surface area contributed by atoms with Crippen LogP contribution < -0.4 is 5.32 Å². The van der Waals surface area contributed by atoms with E-state index in [9.17, 15) is 8.42 Å². The first kappa shape index (κ1) is 16.5. The average Bonchev–Trinajstić information content (AvgIpc) is 2.46. The van der Waals surface area contributed by atoms with Gasteiger partial charge < -0.3 is 5.32 Å². The maximum absolute atomic E-state index is 11.2. The number of benzene rings is 1. The average molecular weight is 311 g/mol. The molecule has 1 aliphatic rings. The molecule has 1 aromatic carbocycles. The summed E-state index contributed by atoms with van der Waals surface area (Å²) in [6, 6.07) is 10.9. The van der Waals surface area contributed by atoms with Crippen LogP contribution in [0.5, 0.6) is 0 Å². The van der Waals surface area contributed by atoms with Crippen molar-refractivity contribution in [2.45, 2.75) is 44.7 Å². The fourth-order valence-corrected chi connectivity index (χ4v) is 3.42. The second kappa shape index (κ2) is 7.38. The fraction of sp³-hybridized carbons (Fsp3) is 0.625. The summed E-state index contributed by atoms with van der Waals surface area (Å²) >= 11 is 0. The van der Waals surface area contributed by atoms with Gasteiger partial charge in [0.15, 0.2) is 0 Å². The Morgan fingerprint density at radius 3 is 2.57 bits per heavy atom. The van der Waals surface area contributed by atoms with Crippen LogP contribution in [0.1, 0.15) is 44.2 Å². The molecular weight excluding hydrogens is 286 g/mol. The highest BCUT2D eigenvalue weighted by molar-refractivity contribution is 7.85. The summed E-state index contributed by atoms with van der Waals surface area (Å²) in [5.41, 5.74) is 1.26. The van der Waals surface area contributed by atoms with Crippen molar-refractivity contribution < 1.29 is 12.6 Å². The van der Waals surface area contributed by atoms with Crippen LogP contribution in [0, 0.1) is 5.92 Å². The van der Waals surface area contributed by atoms with Crippen LogP contribution in [0.2, 0.25) is 0 Å². The van der Waals surface area contributed by atoms with Gasteiger partial charge in [-0.25, -0.2) is 0 Å². The molecule has 1 aromatic rings. The van der Waals surface area contributed by atoms with Gasteiger partial charge in [0.1, 0.15) is 0 Å². The van der Waals surface area contributed by atoms with E-state index in [1.54, 1.807) is 0 Å².